The lowest BCUT2D eigenvalue weighted by Gasteiger charge is -2.21. The highest BCUT2D eigenvalue weighted by Crippen LogP contribution is 2.30. The Kier molecular flexibility index (Phi) is 9.27. The van der Waals surface area contributed by atoms with Gasteiger partial charge in [-0.15, -0.1) is 0 Å². The van der Waals surface area contributed by atoms with Crippen LogP contribution < -0.4 is 10.1 Å². The molecule has 0 radical (unpaired) electrons. The minimum Gasteiger partial charge on any atom is -0.483 e. The summed E-state index contributed by atoms with van der Waals surface area (Å²) in [6.45, 7) is 4.69. The molecule has 0 aromatic heterocycles. The average Bonchev–Trinajstić information content (AvgIpc) is 2.84. The lowest BCUT2D eigenvalue weighted by molar-refractivity contribution is -0.118. The number of sulfonamides is 1. The lowest BCUT2D eigenvalue weighted by Crippen LogP contribution is -2.32. The van der Waals surface area contributed by atoms with Gasteiger partial charge in [0.15, 0.2) is 6.61 Å². The third kappa shape index (κ3) is 6.68. The molecule has 8 heteroatoms. The quantitative estimate of drug-likeness (QED) is 0.324. The molecule has 34 heavy (non-hydrogen) atoms. The number of ether oxygens (including phenoxy) is 1. The molecule has 0 saturated heterocycles. The van der Waals surface area contributed by atoms with Gasteiger partial charge in [-0.25, -0.2) is 8.42 Å². The van der Waals surface area contributed by atoms with E-state index in [9.17, 15) is 13.2 Å². The van der Waals surface area contributed by atoms with Crippen LogP contribution in [0.2, 0.25) is 0 Å². The van der Waals surface area contributed by atoms with Gasteiger partial charge in [-0.05, 0) is 76.3 Å². The van der Waals surface area contributed by atoms with Crippen molar-refractivity contribution in [2.24, 2.45) is 0 Å². The highest BCUT2D eigenvalue weighted by molar-refractivity contribution is 9.10. The molecule has 6 nitrogen and oxygen atoms in total. The number of hydrogen-bond donors (Lipinski definition) is 1. The SMILES string of the molecule is CCCN(CCC)S(=O)(=O)c1ccc(NC(=O)COc2ccc(-c3ccccc3)cc2Br)cc1. The van der Waals surface area contributed by atoms with Crippen LogP contribution in [0.4, 0.5) is 5.69 Å². The van der Waals surface area contributed by atoms with Crippen LogP contribution in [-0.4, -0.2) is 38.3 Å². The molecule has 0 spiro atoms. The zero-order valence-electron chi connectivity index (χ0n) is 19.3. The van der Waals surface area contributed by atoms with Gasteiger partial charge in [-0.3, -0.25) is 4.79 Å². The fraction of sp³-hybridized carbons (Fsp3) is 0.269. The smallest absolute Gasteiger partial charge is 0.262 e. The van der Waals surface area contributed by atoms with Crippen molar-refractivity contribution in [3.63, 3.8) is 0 Å². The molecule has 1 amide bonds. The summed E-state index contributed by atoms with van der Waals surface area (Å²) in [5.74, 6) is 0.219. The number of carbonyl (C=O) groups excluding carboxylic acids is 1. The molecule has 0 aliphatic heterocycles. The number of rotatable bonds is 11. The Hall–Kier alpha value is -2.68. The van der Waals surface area contributed by atoms with Crippen molar-refractivity contribution in [1.29, 1.82) is 0 Å². The second-order valence-electron chi connectivity index (χ2n) is 7.78. The molecule has 3 aromatic rings. The maximum atomic E-state index is 12.9. The normalized spacial score (nSPS) is 11.4. The first-order valence-electron chi connectivity index (χ1n) is 11.2. The Morgan fingerprint density at radius 2 is 1.56 bits per heavy atom. The number of anilines is 1. The van der Waals surface area contributed by atoms with E-state index in [0.717, 1.165) is 28.4 Å². The van der Waals surface area contributed by atoms with Crippen molar-refractivity contribution < 1.29 is 17.9 Å². The summed E-state index contributed by atoms with van der Waals surface area (Å²) in [7, 11) is -3.55. The number of benzene rings is 3. The lowest BCUT2D eigenvalue weighted by atomic mass is 10.1. The first-order chi connectivity index (χ1) is 16.3. The number of nitrogens with one attached hydrogen (secondary N) is 1. The van der Waals surface area contributed by atoms with Crippen LogP contribution in [0.25, 0.3) is 11.1 Å². The summed E-state index contributed by atoms with van der Waals surface area (Å²) < 4.78 is 33.6. The molecule has 0 aliphatic carbocycles. The van der Waals surface area contributed by atoms with Gasteiger partial charge < -0.3 is 10.1 Å². The van der Waals surface area contributed by atoms with E-state index in [1.54, 1.807) is 12.1 Å². The van der Waals surface area contributed by atoms with Gasteiger partial charge in [0.05, 0.1) is 9.37 Å². The fourth-order valence-corrected chi connectivity index (χ4v) is 5.60. The first kappa shape index (κ1) is 25.9. The van der Waals surface area contributed by atoms with Gasteiger partial charge in [0.25, 0.3) is 5.91 Å². The standard InChI is InChI=1S/C26H29BrN2O4S/c1-3-16-29(17-4-2)34(31,32)23-13-11-22(12-14-23)28-26(30)19-33-25-15-10-21(18-24(25)27)20-8-6-5-7-9-20/h5-15,18H,3-4,16-17,19H2,1-2H3,(H,28,30). The second kappa shape index (κ2) is 12.1. The number of amides is 1. The van der Waals surface area contributed by atoms with Crippen LogP contribution in [0.1, 0.15) is 26.7 Å². The van der Waals surface area contributed by atoms with E-state index in [1.165, 1.54) is 16.4 Å². The molecule has 1 N–H and O–H groups in total. The van der Waals surface area contributed by atoms with Crippen molar-refractivity contribution in [1.82, 2.24) is 4.31 Å². The molecule has 0 bridgehead atoms. The highest BCUT2D eigenvalue weighted by atomic mass is 79.9. The van der Waals surface area contributed by atoms with Crippen molar-refractivity contribution in [2.75, 3.05) is 25.0 Å². The van der Waals surface area contributed by atoms with E-state index in [2.05, 4.69) is 21.2 Å². The predicted octanol–water partition coefficient (Wildman–Crippen LogP) is 5.94. The summed E-state index contributed by atoms with van der Waals surface area (Å²) >= 11 is 3.50. The summed E-state index contributed by atoms with van der Waals surface area (Å²) in [6.07, 6.45) is 1.50. The third-order valence-electron chi connectivity index (χ3n) is 5.12. The predicted molar refractivity (Wildman–Crippen MR) is 139 cm³/mol. The zero-order chi connectivity index (χ0) is 24.6. The molecular weight excluding hydrogens is 516 g/mol. The summed E-state index contributed by atoms with van der Waals surface area (Å²) in [5.41, 5.74) is 2.63. The largest absolute Gasteiger partial charge is 0.483 e. The molecule has 0 unspecified atom stereocenters. The van der Waals surface area contributed by atoms with Crippen LogP contribution in [0.15, 0.2) is 82.2 Å². The number of carbonyl (C=O) groups is 1. The number of nitrogens with zero attached hydrogens (tertiary/aromatic N) is 1. The Labute approximate surface area is 210 Å². The van der Waals surface area contributed by atoms with Gasteiger partial charge in [0.1, 0.15) is 5.75 Å². The zero-order valence-corrected chi connectivity index (χ0v) is 21.7. The molecule has 0 atom stereocenters. The Morgan fingerprint density at radius 3 is 2.15 bits per heavy atom. The van der Waals surface area contributed by atoms with Crippen molar-refractivity contribution >= 4 is 37.5 Å². The summed E-state index contributed by atoms with van der Waals surface area (Å²) in [4.78, 5) is 12.6. The van der Waals surface area contributed by atoms with Crippen LogP contribution in [0.3, 0.4) is 0 Å². The Balaban J connectivity index is 1.59. The minimum atomic E-state index is -3.55. The summed E-state index contributed by atoms with van der Waals surface area (Å²) in [6, 6.07) is 21.9. The van der Waals surface area contributed by atoms with E-state index in [1.807, 2.05) is 62.4 Å². The van der Waals surface area contributed by atoms with Gasteiger partial charge in [0.2, 0.25) is 10.0 Å². The molecule has 0 fully saturated rings. The second-order valence-corrected chi connectivity index (χ2v) is 10.6. The molecule has 0 aliphatic rings. The van der Waals surface area contributed by atoms with E-state index in [-0.39, 0.29) is 17.4 Å². The molecule has 0 saturated carbocycles. The van der Waals surface area contributed by atoms with E-state index in [4.69, 9.17) is 4.74 Å². The van der Waals surface area contributed by atoms with Gasteiger partial charge >= 0.3 is 0 Å². The Bertz CT molecular complexity index is 1190. The molecule has 3 aromatic carbocycles. The van der Waals surface area contributed by atoms with E-state index in [0.29, 0.717) is 24.5 Å². The molecule has 0 heterocycles. The third-order valence-corrected chi connectivity index (χ3v) is 7.65. The monoisotopic (exact) mass is 544 g/mol. The number of halogens is 1. The molecular formula is C26H29BrN2O4S. The Morgan fingerprint density at radius 1 is 0.912 bits per heavy atom. The topological polar surface area (TPSA) is 75.7 Å². The average molecular weight is 545 g/mol. The van der Waals surface area contributed by atoms with Crippen molar-refractivity contribution in [2.45, 2.75) is 31.6 Å². The summed E-state index contributed by atoms with van der Waals surface area (Å²) in [5, 5.41) is 2.74. The number of hydrogen-bond acceptors (Lipinski definition) is 4. The van der Waals surface area contributed by atoms with Crippen LogP contribution >= 0.6 is 15.9 Å². The maximum Gasteiger partial charge on any atom is 0.262 e. The minimum absolute atomic E-state index is 0.176. The first-order valence-corrected chi connectivity index (χ1v) is 13.5. The van der Waals surface area contributed by atoms with Gasteiger partial charge in [-0.1, -0.05) is 50.2 Å². The van der Waals surface area contributed by atoms with Crippen LogP contribution in [0, 0.1) is 0 Å². The molecule has 180 valence electrons. The van der Waals surface area contributed by atoms with Crippen LogP contribution in [-0.2, 0) is 14.8 Å². The van der Waals surface area contributed by atoms with Crippen LogP contribution in [0.5, 0.6) is 5.75 Å². The van der Waals surface area contributed by atoms with Gasteiger partial charge in [-0.2, -0.15) is 4.31 Å². The molecule has 3 rings (SSSR count). The highest BCUT2D eigenvalue weighted by Gasteiger charge is 2.22. The van der Waals surface area contributed by atoms with Crippen molar-refractivity contribution in [3.8, 4) is 16.9 Å². The van der Waals surface area contributed by atoms with Gasteiger partial charge in [0, 0.05) is 18.8 Å². The van der Waals surface area contributed by atoms with E-state index >= 15 is 0 Å². The van der Waals surface area contributed by atoms with E-state index < -0.39 is 10.0 Å². The maximum absolute atomic E-state index is 12.9. The van der Waals surface area contributed by atoms with Crippen molar-refractivity contribution in [3.05, 3.63) is 77.3 Å². The fourth-order valence-electron chi connectivity index (χ4n) is 3.48.